The third kappa shape index (κ3) is 3.54. The topological polar surface area (TPSA) is 72.2 Å². The number of nitrogens with one attached hydrogen (secondary N) is 1. The predicted molar refractivity (Wildman–Crippen MR) is 73.7 cm³/mol. The second-order valence-electron chi connectivity index (χ2n) is 4.95. The summed E-state index contributed by atoms with van der Waals surface area (Å²) in [5.41, 5.74) is 7.46. The summed E-state index contributed by atoms with van der Waals surface area (Å²) in [5, 5.41) is 0. The first-order chi connectivity index (χ1) is 8.27. The van der Waals surface area contributed by atoms with E-state index in [-0.39, 0.29) is 16.9 Å². The number of benzene rings is 1. The molecule has 5 heteroatoms. The number of hydrogen-bond acceptors (Lipinski definition) is 3. The van der Waals surface area contributed by atoms with Crippen LogP contribution in [0.5, 0.6) is 0 Å². The molecule has 102 valence electrons. The van der Waals surface area contributed by atoms with Gasteiger partial charge < -0.3 is 5.73 Å². The van der Waals surface area contributed by atoms with E-state index < -0.39 is 10.0 Å². The van der Waals surface area contributed by atoms with Gasteiger partial charge in [-0.15, -0.1) is 0 Å². The summed E-state index contributed by atoms with van der Waals surface area (Å²) in [6.07, 6.45) is 0. The van der Waals surface area contributed by atoms with Gasteiger partial charge in [-0.2, -0.15) is 0 Å². The Morgan fingerprint density at radius 3 is 2.39 bits per heavy atom. The van der Waals surface area contributed by atoms with Crippen LogP contribution in [0.2, 0.25) is 0 Å². The van der Waals surface area contributed by atoms with Crippen LogP contribution in [0.4, 0.5) is 0 Å². The molecule has 0 aliphatic heterocycles. The maximum atomic E-state index is 12.2. The summed E-state index contributed by atoms with van der Waals surface area (Å²) in [5.74, 6) is 0.249. The number of hydrogen-bond donors (Lipinski definition) is 2. The minimum Gasteiger partial charge on any atom is -0.326 e. The van der Waals surface area contributed by atoms with Gasteiger partial charge in [-0.25, -0.2) is 13.1 Å². The van der Waals surface area contributed by atoms with Gasteiger partial charge in [-0.1, -0.05) is 19.9 Å². The molecule has 4 nitrogen and oxygen atoms in total. The molecular weight excluding hydrogens is 248 g/mol. The first-order valence-electron chi connectivity index (χ1n) is 6.10. The molecule has 1 atom stereocenters. The van der Waals surface area contributed by atoms with Gasteiger partial charge in [0.2, 0.25) is 10.0 Å². The largest absolute Gasteiger partial charge is 0.326 e. The first-order valence-corrected chi connectivity index (χ1v) is 7.58. The average Bonchev–Trinajstić information content (AvgIpc) is 2.28. The summed E-state index contributed by atoms with van der Waals surface area (Å²) < 4.78 is 27.0. The van der Waals surface area contributed by atoms with Crippen molar-refractivity contribution in [3.05, 3.63) is 29.3 Å². The fraction of sp³-hybridized carbons (Fsp3) is 0.538. The molecule has 0 heterocycles. The predicted octanol–water partition coefficient (Wildman–Crippen LogP) is 1.78. The smallest absolute Gasteiger partial charge is 0.240 e. The normalized spacial score (nSPS) is 13.9. The van der Waals surface area contributed by atoms with E-state index in [2.05, 4.69) is 4.72 Å². The Kier molecular flexibility index (Phi) is 4.90. The molecule has 0 spiro atoms. The van der Waals surface area contributed by atoms with Crippen LogP contribution in [0.25, 0.3) is 0 Å². The Bertz CT molecular complexity index is 510. The highest BCUT2D eigenvalue weighted by Gasteiger charge is 2.19. The van der Waals surface area contributed by atoms with Gasteiger partial charge in [0.1, 0.15) is 0 Å². The van der Waals surface area contributed by atoms with Gasteiger partial charge >= 0.3 is 0 Å². The molecule has 0 saturated heterocycles. The van der Waals surface area contributed by atoms with Crippen molar-refractivity contribution in [2.45, 2.75) is 45.2 Å². The lowest BCUT2D eigenvalue weighted by molar-refractivity contribution is 0.476. The summed E-state index contributed by atoms with van der Waals surface area (Å²) in [6.45, 7) is 8.08. The molecule has 0 aliphatic carbocycles. The van der Waals surface area contributed by atoms with E-state index in [1.54, 1.807) is 18.2 Å². The molecule has 0 amide bonds. The Morgan fingerprint density at radius 2 is 1.89 bits per heavy atom. The number of rotatable bonds is 5. The van der Waals surface area contributed by atoms with E-state index >= 15 is 0 Å². The van der Waals surface area contributed by atoms with Crippen LogP contribution in [0, 0.1) is 12.8 Å². The van der Waals surface area contributed by atoms with Crippen LogP contribution in [0.15, 0.2) is 23.1 Å². The second kappa shape index (κ2) is 5.82. The van der Waals surface area contributed by atoms with Gasteiger partial charge in [0.05, 0.1) is 4.90 Å². The molecule has 18 heavy (non-hydrogen) atoms. The molecule has 1 rings (SSSR count). The van der Waals surface area contributed by atoms with Gasteiger partial charge in [-0.05, 0) is 43.0 Å². The van der Waals surface area contributed by atoms with Crippen LogP contribution >= 0.6 is 0 Å². The molecule has 0 radical (unpaired) electrons. The molecule has 0 saturated carbocycles. The third-order valence-electron chi connectivity index (χ3n) is 3.19. The van der Waals surface area contributed by atoms with Crippen LogP contribution in [-0.4, -0.2) is 14.5 Å². The fourth-order valence-corrected chi connectivity index (χ4v) is 2.93. The van der Waals surface area contributed by atoms with E-state index in [1.807, 2.05) is 27.7 Å². The van der Waals surface area contributed by atoms with E-state index in [9.17, 15) is 8.42 Å². The van der Waals surface area contributed by atoms with Gasteiger partial charge in [0, 0.05) is 12.6 Å². The van der Waals surface area contributed by atoms with Crippen molar-refractivity contribution in [1.82, 2.24) is 4.72 Å². The van der Waals surface area contributed by atoms with Gasteiger partial charge in [-0.3, -0.25) is 0 Å². The summed E-state index contributed by atoms with van der Waals surface area (Å²) in [4.78, 5) is 0.279. The molecule has 0 aromatic heterocycles. The Labute approximate surface area is 110 Å². The lowest BCUT2D eigenvalue weighted by Gasteiger charge is -2.18. The highest BCUT2D eigenvalue weighted by molar-refractivity contribution is 7.89. The quantitative estimate of drug-likeness (QED) is 0.856. The molecule has 1 aromatic rings. The van der Waals surface area contributed by atoms with Crippen LogP contribution in [0.3, 0.4) is 0 Å². The minimum absolute atomic E-state index is 0.0994. The summed E-state index contributed by atoms with van der Waals surface area (Å²) >= 11 is 0. The molecule has 0 bridgehead atoms. The average molecular weight is 270 g/mol. The van der Waals surface area contributed by atoms with E-state index in [0.29, 0.717) is 6.54 Å². The lowest BCUT2D eigenvalue weighted by Crippen LogP contribution is -2.36. The number of aryl methyl sites for hydroxylation is 1. The van der Waals surface area contributed by atoms with Crippen LogP contribution in [0.1, 0.15) is 31.9 Å². The van der Waals surface area contributed by atoms with Crippen molar-refractivity contribution < 1.29 is 8.42 Å². The van der Waals surface area contributed by atoms with Crippen molar-refractivity contribution in [2.24, 2.45) is 11.7 Å². The monoisotopic (exact) mass is 270 g/mol. The standard InChI is InChI=1S/C13H22N2O2S/c1-9(2)11(4)15-18(16,17)13-6-5-10(3)12(7-13)8-14/h5-7,9,11,15H,8,14H2,1-4H3. The highest BCUT2D eigenvalue weighted by Crippen LogP contribution is 2.16. The molecule has 3 N–H and O–H groups in total. The molecular formula is C13H22N2O2S. The zero-order valence-electron chi connectivity index (χ0n) is 11.4. The van der Waals surface area contributed by atoms with Crippen molar-refractivity contribution in [3.63, 3.8) is 0 Å². The van der Waals surface area contributed by atoms with Crippen molar-refractivity contribution in [3.8, 4) is 0 Å². The Balaban J connectivity index is 3.05. The minimum atomic E-state index is -3.46. The van der Waals surface area contributed by atoms with Crippen LogP contribution < -0.4 is 10.5 Å². The third-order valence-corrected chi connectivity index (χ3v) is 4.75. The number of nitrogens with two attached hydrogens (primary N) is 1. The summed E-state index contributed by atoms with van der Waals surface area (Å²) in [6, 6.07) is 4.95. The first kappa shape index (κ1) is 15.1. The van der Waals surface area contributed by atoms with E-state index in [0.717, 1.165) is 11.1 Å². The zero-order chi connectivity index (χ0) is 13.9. The number of sulfonamides is 1. The highest BCUT2D eigenvalue weighted by atomic mass is 32.2. The lowest BCUT2D eigenvalue weighted by atomic mass is 10.1. The SMILES string of the molecule is Cc1ccc(S(=O)(=O)NC(C)C(C)C)cc1CN. The molecule has 0 aliphatic rings. The van der Waals surface area contributed by atoms with Crippen molar-refractivity contribution in [2.75, 3.05) is 0 Å². The summed E-state index contributed by atoms with van der Waals surface area (Å²) in [7, 11) is -3.46. The second-order valence-corrected chi connectivity index (χ2v) is 6.66. The van der Waals surface area contributed by atoms with Gasteiger partial charge in [0.25, 0.3) is 0 Å². The molecule has 1 unspecified atom stereocenters. The van der Waals surface area contributed by atoms with E-state index in [4.69, 9.17) is 5.73 Å². The van der Waals surface area contributed by atoms with Crippen LogP contribution in [-0.2, 0) is 16.6 Å². The zero-order valence-corrected chi connectivity index (χ0v) is 12.2. The van der Waals surface area contributed by atoms with Crippen molar-refractivity contribution >= 4 is 10.0 Å². The fourth-order valence-electron chi connectivity index (χ4n) is 1.48. The Morgan fingerprint density at radius 1 is 1.28 bits per heavy atom. The maximum Gasteiger partial charge on any atom is 0.240 e. The molecule has 0 fully saturated rings. The van der Waals surface area contributed by atoms with Crippen molar-refractivity contribution in [1.29, 1.82) is 0 Å². The Hall–Kier alpha value is -0.910. The molecule has 1 aromatic carbocycles. The van der Waals surface area contributed by atoms with E-state index in [1.165, 1.54) is 0 Å². The maximum absolute atomic E-state index is 12.2. The van der Waals surface area contributed by atoms with Gasteiger partial charge in [0.15, 0.2) is 0 Å².